The molecule has 2 aliphatic heterocycles. The predicted octanol–water partition coefficient (Wildman–Crippen LogP) is 0.620. The Morgan fingerprint density at radius 1 is 1.54 bits per heavy atom. The molecule has 13 heavy (non-hydrogen) atoms. The summed E-state index contributed by atoms with van der Waals surface area (Å²) in [6.45, 7) is 4.96. The van der Waals surface area contributed by atoms with Crippen LogP contribution in [0.2, 0.25) is 0 Å². The van der Waals surface area contributed by atoms with Gasteiger partial charge in [-0.15, -0.1) is 0 Å². The smallest absolute Gasteiger partial charge is 0.0702 e. The van der Waals surface area contributed by atoms with Crippen LogP contribution in [0.25, 0.3) is 0 Å². The summed E-state index contributed by atoms with van der Waals surface area (Å²) >= 11 is 0. The topological polar surface area (TPSA) is 32.7 Å². The maximum Gasteiger partial charge on any atom is 0.0702 e. The van der Waals surface area contributed by atoms with E-state index in [1.807, 2.05) is 0 Å². The molecule has 3 atom stereocenters. The molecule has 2 rings (SSSR count). The largest absolute Gasteiger partial charge is 0.392 e. The first kappa shape index (κ1) is 9.44. The molecule has 2 aliphatic rings. The second kappa shape index (κ2) is 3.95. The number of rotatable bonds is 2. The molecule has 0 aromatic carbocycles. The van der Waals surface area contributed by atoms with Crippen molar-refractivity contribution in [3.63, 3.8) is 0 Å². The van der Waals surface area contributed by atoms with Gasteiger partial charge in [0.25, 0.3) is 0 Å². The summed E-state index contributed by atoms with van der Waals surface area (Å²) in [4.78, 5) is 2.35. The monoisotopic (exact) mass is 185 g/mol. The summed E-state index contributed by atoms with van der Waals surface area (Å²) in [5, 5.41) is 9.46. The fourth-order valence-electron chi connectivity index (χ4n) is 2.37. The predicted molar refractivity (Wildman–Crippen MR) is 50.6 cm³/mol. The average Bonchev–Trinajstić information content (AvgIpc) is 2.63. The third kappa shape index (κ3) is 2.22. The first-order valence-electron chi connectivity index (χ1n) is 5.29. The van der Waals surface area contributed by atoms with Gasteiger partial charge < -0.3 is 9.84 Å². The minimum absolute atomic E-state index is 0.114. The van der Waals surface area contributed by atoms with Gasteiger partial charge in [0.05, 0.1) is 12.2 Å². The molecule has 3 heteroatoms. The number of hydrogen-bond donors (Lipinski definition) is 1. The van der Waals surface area contributed by atoms with E-state index in [9.17, 15) is 5.11 Å². The zero-order valence-electron chi connectivity index (χ0n) is 8.28. The molecule has 3 nitrogen and oxygen atoms in total. The van der Waals surface area contributed by atoms with E-state index in [1.165, 1.54) is 12.8 Å². The quantitative estimate of drug-likeness (QED) is 0.684. The Hall–Kier alpha value is -0.120. The van der Waals surface area contributed by atoms with Crippen molar-refractivity contribution in [1.29, 1.82) is 0 Å². The molecule has 2 unspecified atom stereocenters. The molecule has 2 fully saturated rings. The highest BCUT2D eigenvalue weighted by Gasteiger charge is 2.30. The van der Waals surface area contributed by atoms with E-state index in [-0.39, 0.29) is 6.10 Å². The van der Waals surface area contributed by atoms with Crippen molar-refractivity contribution >= 4 is 0 Å². The summed E-state index contributed by atoms with van der Waals surface area (Å²) in [6.07, 6.45) is 3.63. The third-order valence-corrected chi connectivity index (χ3v) is 3.14. The van der Waals surface area contributed by atoms with Gasteiger partial charge in [-0.25, -0.2) is 0 Å². The van der Waals surface area contributed by atoms with E-state index in [0.29, 0.717) is 12.1 Å². The number of hydrogen-bond acceptors (Lipinski definition) is 3. The van der Waals surface area contributed by atoms with Crippen LogP contribution in [0, 0.1) is 0 Å². The van der Waals surface area contributed by atoms with Gasteiger partial charge in [0.1, 0.15) is 0 Å². The molecule has 0 spiro atoms. The second-order valence-corrected chi connectivity index (χ2v) is 4.33. The maximum atomic E-state index is 9.46. The summed E-state index contributed by atoms with van der Waals surface area (Å²) in [7, 11) is 0. The van der Waals surface area contributed by atoms with Gasteiger partial charge in [-0.1, -0.05) is 0 Å². The van der Waals surface area contributed by atoms with Crippen LogP contribution in [0.1, 0.15) is 26.2 Å². The van der Waals surface area contributed by atoms with E-state index in [0.717, 1.165) is 26.1 Å². The van der Waals surface area contributed by atoms with Gasteiger partial charge in [-0.3, -0.25) is 4.90 Å². The summed E-state index contributed by atoms with van der Waals surface area (Å²) in [6, 6.07) is 0.527. The first-order valence-corrected chi connectivity index (χ1v) is 5.29. The number of nitrogens with zero attached hydrogens (tertiary/aromatic N) is 1. The minimum atomic E-state index is -0.114. The molecule has 2 heterocycles. The molecule has 0 aromatic rings. The van der Waals surface area contributed by atoms with Crippen LogP contribution in [-0.2, 0) is 4.74 Å². The summed E-state index contributed by atoms with van der Waals surface area (Å²) in [5.41, 5.74) is 0. The van der Waals surface area contributed by atoms with Crippen LogP contribution in [0.5, 0.6) is 0 Å². The molecule has 76 valence electrons. The van der Waals surface area contributed by atoms with Crippen LogP contribution in [0.3, 0.4) is 0 Å². The van der Waals surface area contributed by atoms with E-state index in [4.69, 9.17) is 4.74 Å². The highest BCUT2D eigenvalue weighted by molar-refractivity contribution is 4.84. The SMILES string of the molecule is CC1CC(O)CN1C[C@H]1CCCO1. The number of β-amino-alcohol motifs (C(OH)–C–C–N with tert-alkyl or cyclic N) is 1. The maximum absolute atomic E-state index is 9.46. The summed E-state index contributed by atoms with van der Waals surface area (Å²) in [5.74, 6) is 0. The zero-order valence-corrected chi connectivity index (χ0v) is 8.28. The molecule has 2 saturated heterocycles. The van der Waals surface area contributed by atoms with Gasteiger partial charge in [0, 0.05) is 25.7 Å². The number of likely N-dealkylation sites (tertiary alicyclic amines) is 1. The van der Waals surface area contributed by atoms with Gasteiger partial charge in [0.2, 0.25) is 0 Å². The van der Waals surface area contributed by atoms with Gasteiger partial charge >= 0.3 is 0 Å². The molecule has 0 bridgehead atoms. The molecule has 0 amide bonds. The first-order chi connectivity index (χ1) is 6.25. The van der Waals surface area contributed by atoms with E-state index in [1.54, 1.807) is 0 Å². The molecule has 0 aliphatic carbocycles. The standard InChI is InChI=1S/C10H19NO2/c1-8-5-9(12)6-11(8)7-10-3-2-4-13-10/h8-10,12H,2-7H2,1H3/t8?,9?,10-/m1/s1. The number of ether oxygens (including phenoxy) is 1. The number of aliphatic hydroxyl groups is 1. The highest BCUT2D eigenvalue weighted by Crippen LogP contribution is 2.21. The Kier molecular flexibility index (Phi) is 2.86. The molecule has 0 radical (unpaired) electrons. The molecule has 0 aromatic heterocycles. The van der Waals surface area contributed by atoms with Crippen molar-refractivity contribution in [3.05, 3.63) is 0 Å². The fourth-order valence-corrected chi connectivity index (χ4v) is 2.37. The Morgan fingerprint density at radius 2 is 2.38 bits per heavy atom. The lowest BCUT2D eigenvalue weighted by Gasteiger charge is -2.23. The molecule has 1 N–H and O–H groups in total. The fraction of sp³-hybridized carbons (Fsp3) is 1.00. The Labute approximate surface area is 79.7 Å². The van der Waals surface area contributed by atoms with E-state index >= 15 is 0 Å². The van der Waals surface area contributed by atoms with Crippen LogP contribution in [0.4, 0.5) is 0 Å². The van der Waals surface area contributed by atoms with Crippen LogP contribution in [-0.4, -0.2) is 48.0 Å². The third-order valence-electron chi connectivity index (χ3n) is 3.14. The van der Waals surface area contributed by atoms with Gasteiger partial charge in [-0.2, -0.15) is 0 Å². The lowest BCUT2D eigenvalue weighted by atomic mass is 10.2. The Balaban J connectivity index is 1.80. The van der Waals surface area contributed by atoms with Crippen LogP contribution >= 0.6 is 0 Å². The molecular formula is C10H19NO2. The number of aliphatic hydroxyl groups excluding tert-OH is 1. The van der Waals surface area contributed by atoms with Crippen molar-refractivity contribution in [2.45, 2.75) is 44.4 Å². The van der Waals surface area contributed by atoms with Crippen molar-refractivity contribution < 1.29 is 9.84 Å². The highest BCUT2D eigenvalue weighted by atomic mass is 16.5. The lowest BCUT2D eigenvalue weighted by molar-refractivity contribution is 0.0673. The summed E-state index contributed by atoms with van der Waals surface area (Å²) < 4.78 is 5.58. The Morgan fingerprint density at radius 3 is 2.92 bits per heavy atom. The van der Waals surface area contributed by atoms with Crippen LogP contribution in [0.15, 0.2) is 0 Å². The van der Waals surface area contributed by atoms with Crippen molar-refractivity contribution in [3.8, 4) is 0 Å². The van der Waals surface area contributed by atoms with Gasteiger partial charge in [-0.05, 0) is 26.2 Å². The normalized spacial score (nSPS) is 41.5. The molecule has 0 saturated carbocycles. The van der Waals surface area contributed by atoms with Gasteiger partial charge in [0.15, 0.2) is 0 Å². The average molecular weight is 185 g/mol. The zero-order chi connectivity index (χ0) is 9.26. The Bertz CT molecular complexity index is 168. The minimum Gasteiger partial charge on any atom is -0.392 e. The van der Waals surface area contributed by atoms with Crippen LogP contribution < -0.4 is 0 Å². The van der Waals surface area contributed by atoms with Crippen molar-refractivity contribution in [2.75, 3.05) is 19.7 Å². The van der Waals surface area contributed by atoms with Crippen molar-refractivity contribution in [1.82, 2.24) is 4.90 Å². The lowest BCUT2D eigenvalue weighted by Crippen LogP contribution is -2.35. The molecular weight excluding hydrogens is 166 g/mol. The second-order valence-electron chi connectivity index (χ2n) is 4.33. The van der Waals surface area contributed by atoms with Crippen molar-refractivity contribution in [2.24, 2.45) is 0 Å². The van der Waals surface area contributed by atoms with E-state index < -0.39 is 0 Å². The van der Waals surface area contributed by atoms with E-state index in [2.05, 4.69) is 11.8 Å².